The van der Waals surface area contributed by atoms with Gasteiger partial charge in [0.05, 0.1) is 0 Å². The predicted octanol–water partition coefficient (Wildman–Crippen LogP) is 1.68. The fourth-order valence-electron chi connectivity index (χ4n) is 3.30. The molecule has 17 heavy (non-hydrogen) atoms. The van der Waals surface area contributed by atoms with Crippen molar-refractivity contribution in [3.63, 3.8) is 0 Å². The summed E-state index contributed by atoms with van der Waals surface area (Å²) in [4.78, 5) is 2.56. The first-order valence-electron chi connectivity index (χ1n) is 6.39. The minimum atomic E-state index is 0.444. The minimum Gasteiger partial charge on any atom is -0.302 e. The van der Waals surface area contributed by atoms with Gasteiger partial charge in [0, 0.05) is 24.4 Å². The van der Waals surface area contributed by atoms with E-state index in [4.69, 9.17) is 19.4 Å². The van der Waals surface area contributed by atoms with Gasteiger partial charge < -0.3 is 4.90 Å². The van der Waals surface area contributed by atoms with Crippen molar-refractivity contribution in [3.8, 4) is 0 Å². The van der Waals surface area contributed by atoms with Gasteiger partial charge in [-0.05, 0) is 30.9 Å². The van der Waals surface area contributed by atoms with E-state index in [1.807, 2.05) is 12.1 Å². The molecule has 1 aliphatic heterocycles. The molecule has 2 atom stereocenters. The maximum atomic E-state index is 5.76. The van der Waals surface area contributed by atoms with Crippen LogP contribution in [0.25, 0.3) is 0 Å². The third-order valence-corrected chi connectivity index (χ3v) is 4.58. The van der Waals surface area contributed by atoms with E-state index in [9.17, 15) is 0 Å². The van der Waals surface area contributed by atoms with Crippen LogP contribution < -0.4 is 5.46 Å². The average Bonchev–Trinajstić information content (AvgIpc) is 2.91. The molecule has 0 aromatic heterocycles. The highest BCUT2D eigenvalue weighted by Crippen LogP contribution is 2.58. The van der Waals surface area contributed by atoms with Crippen LogP contribution in [0.1, 0.15) is 18.4 Å². The summed E-state index contributed by atoms with van der Waals surface area (Å²) in [5.41, 5.74) is 2.78. The number of fused-ring (bicyclic) bond motifs is 1. The Hall–Kier alpha value is -0.465. The van der Waals surface area contributed by atoms with Gasteiger partial charge in [-0.25, -0.2) is 0 Å². The van der Waals surface area contributed by atoms with Crippen molar-refractivity contribution < 1.29 is 0 Å². The highest BCUT2D eigenvalue weighted by molar-refractivity contribution is 6.32. The molecule has 3 heteroatoms. The molecule has 3 rings (SSSR count). The number of likely N-dealkylation sites (tertiary alicyclic amines) is 1. The fraction of sp³-hybridized carbons (Fsp3) is 0.571. The lowest BCUT2D eigenvalue weighted by atomic mass is 9.89. The van der Waals surface area contributed by atoms with Crippen molar-refractivity contribution in [1.29, 1.82) is 0 Å². The van der Waals surface area contributed by atoms with Gasteiger partial charge in [0.2, 0.25) is 0 Å². The first-order valence-corrected chi connectivity index (χ1v) is 6.92. The van der Waals surface area contributed by atoms with E-state index in [0.29, 0.717) is 5.41 Å². The second kappa shape index (κ2) is 4.33. The maximum absolute atomic E-state index is 5.76. The molecule has 1 saturated heterocycles. The van der Waals surface area contributed by atoms with Gasteiger partial charge in [0.1, 0.15) is 7.85 Å². The van der Waals surface area contributed by atoms with Crippen molar-refractivity contribution in [2.75, 3.05) is 25.5 Å². The number of rotatable bonds is 4. The molecule has 2 aliphatic rings. The minimum absolute atomic E-state index is 0.444. The summed E-state index contributed by atoms with van der Waals surface area (Å²) in [6.45, 7) is 3.61. The first-order chi connectivity index (χ1) is 8.24. The Bertz CT molecular complexity index is 405. The summed E-state index contributed by atoms with van der Waals surface area (Å²) in [7, 11) is 5.75. The van der Waals surface area contributed by atoms with Crippen LogP contribution in [0, 0.1) is 5.92 Å². The molecule has 1 aliphatic carbocycles. The van der Waals surface area contributed by atoms with Gasteiger partial charge in [-0.3, -0.25) is 0 Å². The lowest BCUT2D eigenvalue weighted by Crippen LogP contribution is -2.27. The lowest BCUT2D eigenvalue weighted by Gasteiger charge is -2.20. The monoisotopic (exact) mass is 245 g/mol. The second-order valence-corrected chi connectivity index (χ2v) is 5.83. The molecule has 0 bridgehead atoms. The highest BCUT2D eigenvalue weighted by Gasteiger charge is 2.60. The molecular weight excluding hydrogens is 228 g/mol. The summed E-state index contributed by atoms with van der Waals surface area (Å²) in [6.07, 6.45) is 2.46. The van der Waals surface area contributed by atoms with Crippen molar-refractivity contribution in [2.24, 2.45) is 5.92 Å². The van der Waals surface area contributed by atoms with Gasteiger partial charge in [-0.15, -0.1) is 11.6 Å². The molecule has 1 saturated carbocycles. The van der Waals surface area contributed by atoms with Crippen molar-refractivity contribution >= 4 is 24.9 Å². The number of halogens is 1. The van der Waals surface area contributed by atoms with Crippen LogP contribution in [0.15, 0.2) is 24.3 Å². The molecule has 88 valence electrons. The molecule has 2 radical (unpaired) electrons. The summed E-state index contributed by atoms with van der Waals surface area (Å²) in [5.74, 6) is 1.64. The Kier molecular flexibility index (Phi) is 2.96. The predicted molar refractivity (Wildman–Crippen MR) is 73.4 cm³/mol. The third kappa shape index (κ3) is 2.02. The average molecular weight is 246 g/mol. The SMILES string of the molecule is [B]c1ccc(C23CC2CN(CCCCl)C3)cc1. The van der Waals surface area contributed by atoms with Gasteiger partial charge in [-0.2, -0.15) is 0 Å². The highest BCUT2D eigenvalue weighted by atomic mass is 35.5. The van der Waals surface area contributed by atoms with Gasteiger partial charge in [0.25, 0.3) is 0 Å². The van der Waals surface area contributed by atoms with Crippen LogP contribution in [0.5, 0.6) is 0 Å². The summed E-state index contributed by atoms with van der Waals surface area (Å²) in [5, 5.41) is 0. The Balaban J connectivity index is 1.71. The summed E-state index contributed by atoms with van der Waals surface area (Å²) in [6, 6.07) is 8.47. The standard InChI is InChI=1S/C14H17BClN/c15-13-4-2-11(3-5-13)14-8-12(14)9-17(10-14)7-1-6-16/h2-5,12H,1,6-10H2. The number of nitrogens with zero attached hydrogens (tertiary/aromatic N) is 1. The second-order valence-electron chi connectivity index (χ2n) is 5.46. The van der Waals surface area contributed by atoms with E-state index < -0.39 is 0 Å². The van der Waals surface area contributed by atoms with Crippen LogP contribution in [0.4, 0.5) is 0 Å². The zero-order chi connectivity index (χ0) is 11.9. The maximum Gasteiger partial charge on any atom is 0.113 e. The molecule has 0 N–H and O–H groups in total. The topological polar surface area (TPSA) is 3.24 Å². The summed E-state index contributed by atoms with van der Waals surface area (Å²) >= 11 is 5.76. The Labute approximate surface area is 110 Å². The molecule has 0 spiro atoms. The molecular formula is C14H17BClN. The third-order valence-electron chi connectivity index (χ3n) is 4.31. The van der Waals surface area contributed by atoms with Crippen molar-refractivity contribution in [3.05, 3.63) is 29.8 Å². The zero-order valence-electron chi connectivity index (χ0n) is 10.0. The molecule has 1 aromatic carbocycles. The van der Waals surface area contributed by atoms with E-state index in [2.05, 4.69) is 17.0 Å². The zero-order valence-corrected chi connectivity index (χ0v) is 10.8. The number of benzene rings is 1. The lowest BCUT2D eigenvalue weighted by molar-refractivity contribution is 0.299. The van der Waals surface area contributed by atoms with Crippen LogP contribution in [-0.4, -0.2) is 38.3 Å². The molecule has 1 nitrogen and oxygen atoms in total. The Morgan fingerprint density at radius 2 is 2.12 bits per heavy atom. The van der Waals surface area contributed by atoms with E-state index in [0.717, 1.165) is 30.2 Å². The van der Waals surface area contributed by atoms with Crippen LogP contribution in [0.2, 0.25) is 0 Å². The normalized spacial score (nSPS) is 31.5. The number of hydrogen-bond acceptors (Lipinski definition) is 1. The van der Waals surface area contributed by atoms with Crippen LogP contribution in [-0.2, 0) is 5.41 Å². The smallest absolute Gasteiger partial charge is 0.113 e. The van der Waals surface area contributed by atoms with Crippen molar-refractivity contribution in [1.82, 2.24) is 4.90 Å². The number of hydrogen-bond donors (Lipinski definition) is 0. The van der Waals surface area contributed by atoms with Crippen LogP contribution in [0.3, 0.4) is 0 Å². The van der Waals surface area contributed by atoms with E-state index in [-0.39, 0.29) is 0 Å². The quantitative estimate of drug-likeness (QED) is 0.576. The van der Waals surface area contributed by atoms with Gasteiger partial charge in [-0.1, -0.05) is 29.7 Å². The van der Waals surface area contributed by atoms with Gasteiger partial charge in [0.15, 0.2) is 0 Å². The molecule has 1 aromatic rings. The Morgan fingerprint density at radius 1 is 1.35 bits per heavy atom. The van der Waals surface area contributed by atoms with E-state index in [1.165, 1.54) is 25.1 Å². The number of piperidine rings is 1. The Morgan fingerprint density at radius 3 is 2.82 bits per heavy atom. The molecule has 2 fully saturated rings. The van der Waals surface area contributed by atoms with Gasteiger partial charge >= 0.3 is 0 Å². The fourth-order valence-corrected chi connectivity index (χ4v) is 3.42. The van der Waals surface area contributed by atoms with Crippen LogP contribution >= 0.6 is 11.6 Å². The van der Waals surface area contributed by atoms with Crippen molar-refractivity contribution in [2.45, 2.75) is 18.3 Å². The molecule has 1 heterocycles. The first kappa shape index (κ1) is 11.6. The summed E-state index contributed by atoms with van der Waals surface area (Å²) < 4.78 is 0. The molecule has 2 unspecified atom stereocenters. The molecule has 0 amide bonds. The largest absolute Gasteiger partial charge is 0.302 e. The van der Waals surface area contributed by atoms with E-state index >= 15 is 0 Å². The van der Waals surface area contributed by atoms with E-state index in [1.54, 1.807) is 0 Å². The number of alkyl halides is 1.